The van der Waals surface area contributed by atoms with E-state index in [-0.39, 0.29) is 6.04 Å². The first-order valence-electron chi connectivity index (χ1n) is 6.15. The van der Waals surface area contributed by atoms with Crippen LogP contribution in [0.4, 0.5) is 0 Å². The van der Waals surface area contributed by atoms with Crippen LogP contribution in [-0.4, -0.2) is 36.7 Å². The van der Waals surface area contributed by atoms with E-state index in [0.717, 1.165) is 26.1 Å². The van der Waals surface area contributed by atoms with Crippen LogP contribution in [-0.2, 0) is 4.74 Å². The van der Waals surface area contributed by atoms with Gasteiger partial charge in [-0.15, -0.1) is 0 Å². The van der Waals surface area contributed by atoms with E-state index in [1.165, 1.54) is 32.1 Å². The molecule has 0 spiro atoms. The summed E-state index contributed by atoms with van der Waals surface area (Å²) in [5, 5.41) is 8.93. The van der Waals surface area contributed by atoms with Gasteiger partial charge in [-0.2, -0.15) is 5.26 Å². The molecule has 2 aliphatic heterocycles. The van der Waals surface area contributed by atoms with E-state index < -0.39 is 0 Å². The molecule has 0 aliphatic carbocycles. The minimum Gasteiger partial charge on any atom is -0.378 e. The molecule has 2 unspecified atom stereocenters. The van der Waals surface area contributed by atoms with Crippen molar-refractivity contribution in [3.8, 4) is 6.07 Å². The lowest BCUT2D eigenvalue weighted by Gasteiger charge is -2.19. The molecule has 2 atom stereocenters. The maximum absolute atomic E-state index is 8.93. The van der Waals surface area contributed by atoms with E-state index in [9.17, 15) is 0 Å². The van der Waals surface area contributed by atoms with Crippen LogP contribution in [0.15, 0.2) is 0 Å². The largest absolute Gasteiger partial charge is 0.378 e. The Balaban J connectivity index is 1.62. The number of likely N-dealkylation sites (tertiary alicyclic amines) is 1. The fraction of sp³-hybridized carbons (Fsp3) is 0.917. The molecule has 0 bridgehead atoms. The number of ether oxygens (including phenoxy) is 1. The predicted octanol–water partition coefficient (Wildman–Crippen LogP) is 1.93. The Bertz CT molecular complexity index is 230. The van der Waals surface area contributed by atoms with Gasteiger partial charge in [0.2, 0.25) is 0 Å². The molecule has 0 aromatic heterocycles. The van der Waals surface area contributed by atoms with Crippen LogP contribution >= 0.6 is 0 Å². The van der Waals surface area contributed by atoms with Crippen LogP contribution in [0.2, 0.25) is 0 Å². The minimum absolute atomic E-state index is 0.189. The van der Waals surface area contributed by atoms with Gasteiger partial charge >= 0.3 is 0 Å². The van der Waals surface area contributed by atoms with E-state index in [4.69, 9.17) is 10.00 Å². The topological polar surface area (TPSA) is 36.3 Å². The van der Waals surface area contributed by atoms with Crippen molar-refractivity contribution in [3.05, 3.63) is 0 Å². The average Bonchev–Trinajstić information content (AvgIpc) is 2.88. The van der Waals surface area contributed by atoms with Crippen LogP contribution in [0.5, 0.6) is 0 Å². The number of nitriles is 1. The Morgan fingerprint density at radius 2 is 2.27 bits per heavy atom. The van der Waals surface area contributed by atoms with Crippen molar-refractivity contribution in [1.82, 2.24) is 4.90 Å². The average molecular weight is 208 g/mol. The van der Waals surface area contributed by atoms with Gasteiger partial charge in [-0.05, 0) is 51.6 Å². The Morgan fingerprint density at radius 1 is 1.33 bits per heavy atom. The molecule has 2 fully saturated rings. The van der Waals surface area contributed by atoms with Crippen molar-refractivity contribution in [2.75, 3.05) is 19.7 Å². The van der Waals surface area contributed by atoms with Crippen LogP contribution in [0.1, 0.15) is 38.5 Å². The van der Waals surface area contributed by atoms with Crippen LogP contribution in [0.25, 0.3) is 0 Å². The van der Waals surface area contributed by atoms with Crippen molar-refractivity contribution in [3.63, 3.8) is 0 Å². The Kier molecular flexibility index (Phi) is 3.99. The molecule has 2 saturated heterocycles. The highest BCUT2D eigenvalue weighted by molar-refractivity contribution is 4.95. The molecule has 0 radical (unpaired) electrons. The third kappa shape index (κ3) is 2.93. The van der Waals surface area contributed by atoms with Gasteiger partial charge in [-0.25, -0.2) is 0 Å². The second-order valence-electron chi connectivity index (χ2n) is 4.60. The van der Waals surface area contributed by atoms with Crippen molar-refractivity contribution in [1.29, 1.82) is 5.26 Å². The molecule has 0 aromatic rings. The highest BCUT2D eigenvalue weighted by Gasteiger charge is 2.24. The first kappa shape index (κ1) is 10.9. The van der Waals surface area contributed by atoms with E-state index in [1.54, 1.807) is 0 Å². The molecule has 2 heterocycles. The van der Waals surface area contributed by atoms with Gasteiger partial charge in [0.25, 0.3) is 0 Å². The van der Waals surface area contributed by atoms with Crippen molar-refractivity contribution >= 4 is 0 Å². The van der Waals surface area contributed by atoms with Gasteiger partial charge in [-0.3, -0.25) is 4.90 Å². The lowest BCUT2D eigenvalue weighted by atomic mass is 10.1. The summed E-state index contributed by atoms with van der Waals surface area (Å²) < 4.78 is 5.59. The summed E-state index contributed by atoms with van der Waals surface area (Å²) in [4.78, 5) is 2.33. The lowest BCUT2D eigenvalue weighted by Crippen LogP contribution is -2.29. The quantitative estimate of drug-likeness (QED) is 0.708. The molecular formula is C12H20N2O. The summed E-state index contributed by atoms with van der Waals surface area (Å²) >= 11 is 0. The van der Waals surface area contributed by atoms with Gasteiger partial charge in [0.1, 0.15) is 0 Å². The number of rotatable bonds is 4. The first-order chi connectivity index (χ1) is 7.40. The van der Waals surface area contributed by atoms with Crippen LogP contribution in [0.3, 0.4) is 0 Å². The molecule has 3 nitrogen and oxygen atoms in total. The second kappa shape index (κ2) is 5.48. The summed E-state index contributed by atoms with van der Waals surface area (Å²) in [6.45, 7) is 3.15. The first-order valence-corrected chi connectivity index (χ1v) is 6.15. The Hall–Kier alpha value is -0.590. The van der Waals surface area contributed by atoms with Gasteiger partial charge in [-0.1, -0.05) is 0 Å². The number of hydrogen-bond donors (Lipinski definition) is 0. The Labute approximate surface area is 92.0 Å². The molecule has 0 saturated carbocycles. The zero-order valence-corrected chi connectivity index (χ0v) is 9.32. The lowest BCUT2D eigenvalue weighted by molar-refractivity contribution is 0.0989. The zero-order chi connectivity index (χ0) is 10.5. The van der Waals surface area contributed by atoms with E-state index in [1.807, 2.05) is 0 Å². The number of nitrogens with zero attached hydrogens (tertiary/aromatic N) is 2. The molecule has 0 amide bonds. The molecule has 2 aliphatic rings. The maximum Gasteiger partial charge on any atom is 0.0978 e. The van der Waals surface area contributed by atoms with Crippen LogP contribution in [0, 0.1) is 11.3 Å². The summed E-state index contributed by atoms with van der Waals surface area (Å²) in [5.41, 5.74) is 0. The monoisotopic (exact) mass is 208 g/mol. The number of hydrogen-bond acceptors (Lipinski definition) is 3. The van der Waals surface area contributed by atoms with E-state index in [2.05, 4.69) is 11.0 Å². The third-order valence-electron chi connectivity index (χ3n) is 3.51. The summed E-state index contributed by atoms with van der Waals surface area (Å²) in [6, 6.07) is 2.58. The van der Waals surface area contributed by atoms with Gasteiger partial charge in [0.15, 0.2) is 0 Å². The second-order valence-corrected chi connectivity index (χ2v) is 4.60. The highest BCUT2D eigenvalue weighted by Crippen LogP contribution is 2.20. The van der Waals surface area contributed by atoms with Gasteiger partial charge < -0.3 is 4.74 Å². The van der Waals surface area contributed by atoms with Crippen LogP contribution < -0.4 is 0 Å². The molecule has 84 valence electrons. The predicted molar refractivity (Wildman–Crippen MR) is 58.4 cm³/mol. The third-order valence-corrected chi connectivity index (χ3v) is 3.51. The maximum atomic E-state index is 8.93. The summed E-state index contributed by atoms with van der Waals surface area (Å²) in [7, 11) is 0. The van der Waals surface area contributed by atoms with E-state index in [0.29, 0.717) is 6.10 Å². The minimum atomic E-state index is 0.189. The molecule has 0 N–H and O–H groups in total. The SMILES string of the molecule is N#CC1CCCN1CCCC1CCCO1. The van der Waals surface area contributed by atoms with Gasteiger partial charge in [0.05, 0.1) is 18.2 Å². The standard InChI is InChI=1S/C12H20N2O/c13-10-11-4-1-7-14(11)8-2-5-12-6-3-9-15-12/h11-12H,1-9H2. The fourth-order valence-corrected chi connectivity index (χ4v) is 2.63. The van der Waals surface area contributed by atoms with Crippen molar-refractivity contribution < 1.29 is 4.74 Å². The highest BCUT2D eigenvalue weighted by atomic mass is 16.5. The van der Waals surface area contributed by atoms with Gasteiger partial charge in [0, 0.05) is 6.61 Å². The van der Waals surface area contributed by atoms with Crippen molar-refractivity contribution in [2.45, 2.75) is 50.7 Å². The van der Waals surface area contributed by atoms with E-state index >= 15 is 0 Å². The molecule has 3 heteroatoms. The van der Waals surface area contributed by atoms with Crippen molar-refractivity contribution in [2.24, 2.45) is 0 Å². The zero-order valence-electron chi connectivity index (χ0n) is 9.32. The molecular weight excluding hydrogens is 188 g/mol. The Morgan fingerprint density at radius 3 is 3.00 bits per heavy atom. The molecule has 15 heavy (non-hydrogen) atoms. The fourth-order valence-electron chi connectivity index (χ4n) is 2.63. The summed E-state index contributed by atoms with van der Waals surface area (Å²) in [6.07, 6.45) is 7.59. The summed E-state index contributed by atoms with van der Waals surface area (Å²) in [5.74, 6) is 0. The normalized spacial score (nSPS) is 31.9. The molecule has 2 rings (SSSR count). The molecule has 0 aromatic carbocycles. The smallest absolute Gasteiger partial charge is 0.0978 e.